The Bertz CT molecular complexity index is 811. The van der Waals surface area contributed by atoms with Gasteiger partial charge in [-0.25, -0.2) is 16.5 Å². The molecule has 0 saturated carbocycles. The second-order valence-electron chi connectivity index (χ2n) is 4.22. The van der Waals surface area contributed by atoms with Crippen molar-refractivity contribution < 1.29 is 18.0 Å². The first-order valence-corrected chi connectivity index (χ1v) is 6.20. The van der Waals surface area contributed by atoms with E-state index in [0.29, 0.717) is 0 Å². The molecule has 1 N–H and O–H groups in total. The molecule has 118 valence electrons. The summed E-state index contributed by atoms with van der Waals surface area (Å²) in [5.74, 6) is -2.46. The second kappa shape index (κ2) is 6.35. The molecule has 1 atom stereocenters. The van der Waals surface area contributed by atoms with Crippen molar-refractivity contribution in [3.05, 3.63) is 41.5 Å². The van der Waals surface area contributed by atoms with E-state index in [4.69, 9.17) is 6.57 Å². The minimum atomic E-state index is -4.76. The van der Waals surface area contributed by atoms with Gasteiger partial charge >= 0.3 is 18.2 Å². The molecule has 0 radical (unpaired) electrons. The van der Waals surface area contributed by atoms with Gasteiger partial charge in [0.2, 0.25) is 5.82 Å². The van der Waals surface area contributed by atoms with Gasteiger partial charge in [-0.15, -0.1) is 5.11 Å². The van der Waals surface area contributed by atoms with Crippen LogP contribution < -0.4 is 5.32 Å². The highest BCUT2D eigenvalue weighted by Crippen LogP contribution is 2.31. The number of alkyl halides is 3. The summed E-state index contributed by atoms with van der Waals surface area (Å²) in [5, 5.41) is 9.44. The fourth-order valence-corrected chi connectivity index (χ4v) is 1.64. The molecule has 1 aromatic carbocycles. The topological polar surface area (TPSA) is 84.0 Å². The fraction of sp³-hybridized carbons (Fsp3) is 0.231. The number of amides is 1. The summed E-state index contributed by atoms with van der Waals surface area (Å²) in [6, 6.07) is 5.93. The molecule has 2 rings (SSSR count). The number of para-hydroxylation sites is 1. The Morgan fingerprint density at radius 2 is 2.04 bits per heavy atom. The number of benzene rings is 1. The lowest BCUT2D eigenvalue weighted by atomic mass is 10.2. The zero-order valence-electron chi connectivity index (χ0n) is 11.7. The van der Waals surface area contributed by atoms with Crippen molar-refractivity contribution in [1.29, 1.82) is 0 Å². The molecule has 0 aliphatic heterocycles. The largest absolute Gasteiger partial charge is 0.451 e. The van der Waals surface area contributed by atoms with Crippen LogP contribution in [0.1, 0.15) is 5.82 Å². The molecule has 0 aliphatic rings. The molecule has 0 bridgehead atoms. The third-order valence-corrected chi connectivity index (χ3v) is 2.70. The Balaban J connectivity index is 2.55. The Hall–Kier alpha value is -3.09. The number of nitrogens with zero attached hydrogens (tertiary/aromatic N) is 5. The number of nitrogens with one attached hydrogen (secondary N) is 1. The summed E-state index contributed by atoms with van der Waals surface area (Å²) in [4.78, 5) is 21.1. The smallest absolute Gasteiger partial charge is 0.350 e. The quantitative estimate of drug-likeness (QED) is 0.696. The number of azo groups is 1. The van der Waals surface area contributed by atoms with Gasteiger partial charge in [0.05, 0.1) is 5.52 Å². The summed E-state index contributed by atoms with van der Waals surface area (Å²) in [6.45, 7) is 6.86. The number of carbonyl (C=O) groups is 1. The van der Waals surface area contributed by atoms with Crippen LogP contribution in [-0.2, 0) is 11.0 Å². The Kier molecular flexibility index (Phi) is 4.49. The lowest BCUT2D eigenvalue weighted by Crippen LogP contribution is -2.27. The SMILES string of the molecule is [C-]#[N+]C(N=Nc1nc(C(F)(F)F)nc2ccccc12)C(=O)NC. The first-order valence-electron chi connectivity index (χ1n) is 6.20. The van der Waals surface area contributed by atoms with Crippen molar-refractivity contribution in [1.82, 2.24) is 15.3 Å². The predicted octanol–water partition coefficient (Wildman–Crippen LogP) is 2.72. The number of aromatic nitrogens is 2. The summed E-state index contributed by atoms with van der Waals surface area (Å²) in [5.41, 5.74) is 0.0306. The fourth-order valence-electron chi connectivity index (χ4n) is 1.64. The van der Waals surface area contributed by atoms with Crippen LogP contribution in [0.5, 0.6) is 0 Å². The summed E-state index contributed by atoms with van der Waals surface area (Å²) in [6.07, 6.45) is -6.25. The van der Waals surface area contributed by atoms with Crippen molar-refractivity contribution in [2.75, 3.05) is 7.05 Å². The number of carbonyl (C=O) groups excluding carboxylic acids is 1. The molecule has 0 saturated heterocycles. The minimum Gasteiger partial charge on any atom is -0.350 e. The van der Waals surface area contributed by atoms with Crippen LogP contribution >= 0.6 is 0 Å². The molecular weight excluding hydrogens is 313 g/mol. The average Bonchev–Trinajstić information content (AvgIpc) is 2.53. The third-order valence-electron chi connectivity index (χ3n) is 2.70. The van der Waals surface area contributed by atoms with Gasteiger partial charge in [0, 0.05) is 12.4 Å². The highest BCUT2D eigenvalue weighted by atomic mass is 19.4. The van der Waals surface area contributed by atoms with E-state index in [2.05, 4.69) is 30.4 Å². The molecular formula is C13H9F3N6O. The minimum absolute atomic E-state index is 0.0306. The zero-order chi connectivity index (χ0) is 17.0. The normalized spacial score (nSPS) is 13.0. The number of hydrogen-bond donors (Lipinski definition) is 1. The number of hydrogen-bond acceptors (Lipinski definition) is 5. The highest BCUT2D eigenvalue weighted by Gasteiger charge is 2.35. The predicted molar refractivity (Wildman–Crippen MR) is 73.5 cm³/mol. The van der Waals surface area contributed by atoms with E-state index in [9.17, 15) is 18.0 Å². The van der Waals surface area contributed by atoms with E-state index in [1.807, 2.05) is 0 Å². The van der Waals surface area contributed by atoms with Gasteiger partial charge in [-0.3, -0.25) is 9.64 Å². The van der Waals surface area contributed by atoms with Gasteiger partial charge in [-0.2, -0.15) is 13.2 Å². The maximum Gasteiger partial charge on any atom is 0.451 e. The molecule has 1 amide bonds. The van der Waals surface area contributed by atoms with Gasteiger partial charge in [0.1, 0.15) is 0 Å². The van der Waals surface area contributed by atoms with Crippen LogP contribution in [0.4, 0.5) is 19.0 Å². The molecule has 2 aromatic rings. The number of likely N-dealkylation sites (N-methyl/N-ethyl adjacent to an activating group) is 1. The van der Waals surface area contributed by atoms with Crippen molar-refractivity contribution in [3.8, 4) is 0 Å². The lowest BCUT2D eigenvalue weighted by Gasteiger charge is -2.07. The van der Waals surface area contributed by atoms with Crippen LogP contribution in [-0.4, -0.2) is 29.1 Å². The first kappa shape index (κ1) is 16.3. The molecule has 1 unspecified atom stereocenters. The zero-order valence-corrected chi connectivity index (χ0v) is 11.7. The monoisotopic (exact) mass is 322 g/mol. The van der Waals surface area contributed by atoms with Crippen LogP contribution in [0.15, 0.2) is 34.5 Å². The van der Waals surface area contributed by atoms with E-state index < -0.39 is 24.1 Å². The standard InChI is InChI=1S/C13H9F3N6O/c1-17-10(11(23)18-2)22-21-9-7-5-3-4-6-8(7)19-12(20-9)13(14,15)16/h3-6,10H,2H3,(H,18,23). The first-order chi connectivity index (χ1) is 10.9. The van der Waals surface area contributed by atoms with Crippen LogP contribution in [0.2, 0.25) is 0 Å². The molecule has 0 spiro atoms. The molecule has 10 heteroatoms. The van der Waals surface area contributed by atoms with Gasteiger partial charge in [0.25, 0.3) is 0 Å². The van der Waals surface area contributed by atoms with Gasteiger partial charge < -0.3 is 5.32 Å². The van der Waals surface area contributed by atoms with E-state index in [1.165, 1.54) is 25.2 Å². The van der Waals surface area contributed by atoms with Crippen molar-refractivity contribution in [2.45, 2.75) is 12.3 Å². The van der Waals surface area contributed by atoms with Crippen LogP contribution in [0, 0.1) is 6.57 Å². The highest BCUT2D eigenvalue weighted by molar-refractivity contribution is 5.87. The van der Waals surface area contributed by atoms with Crippen molar-refractivity contribution in [3.63, 3.8) is 0 Å². The van der Waals surface area contributed by atoms with E-state index >= 15 is 0 Å². The van der Waals surface area contributed by atoms with Gasteiger partial charge in [-0.05, 0) is 12.1 Å². The maximum atomic E-state index is 12.8. The summed E-state index contributed by atoms with van der Waals surface area (Å²) < 4.78 is 38.5. The van der Waals surface area contributed by atoms with E-state index in [1.54, 1.807) is 6.07 Å². The molecule has 23 heavy (non-hydrogen) atoms. The number of fused-ring (bicyclic) bond motifs is 1. The van der Waals surface area contributed by atoms with E-state index in [-0.39, 0.29) is 16.7 Å². The van der Waals surface area contributed by atoms with Gasteiger partial charge in [0.15, 0.2) is 5.82 Å². The van der Waals surface area contributed by atoms with Crippen molar-refractivity contribution >= 4 is 22.6 Å². The third kappa shape index (κ3) is 3.57. The molecule has 0 aliphatic carbocycles. The number of halogens is 3. The molecule has 7 nitrogen and oxygen atoms in total. The lowest BCUT2D eigenvalue weighted by molar-refractivity contribution is -0.144. The second-order valence-corrected chi connectivity index (χ2v) is 4.22. The molecule has 1 aromatic heterocycles. The molecule has 0 fully saturated rings. The maximum absolute atomic E-state index is 12.8. The van der Waals surface area contributed by atoms with Gasteiger partial charge in [-0.1, -0.05) is 17.2 Å². The van der Waals surface area contributed by atoms with E-state index in [0.717, 1.165) is 0 Å². The van der Waals surface area contributed by atoms with Crippen LogP contribution in [0.3, 0.4) is 0 Å². The Morgan fingerprint density at radius 3 is 2.65 bits per heavy atom. The van der Waals surface area contributed by atoms with Crippen LogP contribution in [0.25, 0.3) is 15.7 Å². The average molecular weight is 322 g/mol. The summed E-state index contributed by atoms with van der Waals surface area (Å²) in [7, 11) is 1.30. The Morgan fingerprint density at radius 1 is 1.35 bits per heavy atom. The molecule has 1 heterocycles. The van der Waals surface area contributed by atoms with Crippen molar-refractivity contribution in [2.24, 2.45) is 10.2 Å². The Labute approximate surface area is 128 Å². The summed E-state index contributed by atoms with van der Waals surface area (Å²) >= 11 is 0. The number of rotatable bonds is 3.